The number of nitrogens with one attached hydrogen (secondary N) is 1. The van der Waals surface area contributed by atoms with Gasteiger partial charge in [-0.3, -0.25) is 9.59 Å². The molecule has 10 heteroatoms. The third-order valence-corrected chi connectivity index (χ3v) is 6.37. The van der Waals surface area contributed by atoms with Crippen LogP contribution in [0.25, 0.3) is 0 Å². The highest BCUT2D eigenvalue weighted by Crippen LogP contribution is 2.31. The topological polar surface area (TPSA) is 103 Å². The Kier molecular flexibility index (Phi) is 6.79. The molecule has 1 N–H and O–H groups in total. The lowest BCUT2D eigenvalue weighted by molar-refractivity contribution is -0.133. The fraction of sp³-hybridized carbons (Fsp3) is 0.280. The van der Waals surface area contributed by atoms with E-state index in [2.05, 4.69) is 10.3 Å². The first-order chi connectivity index (χ1) is 16.8. The summed E-state index contributed by atoms with van der Waals surface area (Å²) in [6.07, 6.45) is 1.38. The SMILES string of the molecule is COC(=O)c1ncn2c1C(=O)N(Cc1ccc(Cl)cc1)[C@](C)(C(=O)NCc1ccccc1OC)C2. The summed E-state index contributed by atoms with van der Waals surface area (Å²) in [6.45, 7) is 2.13. The number of carbonyl (C=O) groups excluding carboxylic acids is 3. The third-order valence-electron chi connectivity index (χ3n) is 6.11. The van der Waals surface area contributed by atoms with Crippen LogP contribution in [0.1, 0.15) is 39.0 Å². The quantitative estimate of drug-likeness (QED) is 0.504. The number of hydrogen-bond acceptors (Lipinski definition) is 6. The molecule has 0 spiro atoms. The molecular weight excluding hydrogens is 472 g/mol. The predicted octanol–water partition coefficient (Wildman–Crippen LogP) is 3.06. The van der Waals surface area contributed by atoms with E-state index in [-0.39, 0.29) is 36.9 Å². The molecule has 2 heterocycles. The van der Waals surface area contributed by atoms with Gasteiger partial charge in [-0.05, 0) is 30.7 Å². The van der Waals surface area contributed by atoms with Gasteiger partial charge in [-0.2, -0.15) is 0 Å². The zero-order valence-corrected chi connectivity index (χ0v) is 20.3. The minimum Gasteiger partial charge on any atom is -0.496 e. The van der Waals surface area contributed by atoms with E-state index in [1.807, 2.05) is 24.3 Å². The van der Waals surface area contributed by atoms with Crippen molar-refractivity contribution in [2.75, 3.05) is 14.2 Å². The fourth-order valence-electron chi connectivity index (χ4n) is 4.17. The number of aromatic nitrogens is 2. The number of carbonyl (C=O) groups is 3. The van der Waals surface area contributed by atoms with Crippen LogP contribution in [0.15, 0.2) is 54.9 Å². The molecule has 2 amide bonds. The minimum absolute atomic E-state index is 0.0841. The molecule has 182 valence electrons. The van der Waals surface area contributed by atoms with Crippen molar-refractivity contribution in [3.05, 3.63) is 82.4 Å². The first-order valence-electron chi connectivity index (χ1n) is 10.9. The lowest BCUT2D eigenvalue weighted by atomic mass is 9.93. The Morgan fingerprint density at radius 2 is 1.86 bits per heavy atom. The molecule has 4 rings (SSSR count). The van der Waals surface area contributed by atoms with Crippen molar-refractivity contribution in [1.29, 1.82) is 0 Å². The van der Waals surface area contributed by atoms with E-state index < -0.39 is 17.4 Å². The summed E-state index contributed by atoms with van der Waals surface area (Å²) in [6, 6.07) is 14.4. The average molecular weight is 497 g/mol. The van der Waals surface area contributed by atoms with Gasteiger partial charge in [0.15, 0.2) is 5.69 Å². The molecule has 1 aliphatic heterocycles. The summed E-state index contributed by atoms with van der Waals surface area (Å²) in [4.78, 5) is 45.1. The first-order valence-corrected chi connectivity index (χ1v) is 11.3. The molecule has 1 aromatic heterocycles. The van der Waals surface area contributed by atoms with Crippen LogP contribution >= 0.6 is 11.6 Å². The number of methoxy groups -OCH3 is 2. The first kappa shape index (κ1) is 24.3. The Balaban J connectivity index is 1.69. The third kappa shape index (κ3) is 4.59. The van der Waals surface area contributed by atoms with Gasteiger partial charge in [-0.25, -0.2) is 9.78 Å². The number of nitrogens with zero attached hydrogens (tertiary/aromatic N) is 3. The number of imidazole rings is 1. The zero-order valence-electron chi connectivity index (χ0n) is 19.6. The second-order valence-corrected chi connectivity index (χ2v) is 8.78. The second-order valence-electron chi connectivity index (χ2n) is 8.35. The molecule has 1 aliphatic rings. The van der Waals surface area contributed by atoms with Gasteiger partial charge in [0.05, 0.1) is 27.1 Å². The van der Waals surface area contributed by atoms with Gasteiger partial charge in [0.1, 0.15) is 17.0 Å². The van der Waals surface area contributed by atoms with E-state index in [9.17, 15) is 14.4 Å². The van der Waals surface area contributed by atoms with Gasteiger partial charge < -0.3 is 24.3 Å². The van der Waals surface area contributed by atoms with Crippen molar-refractivity contribution in [1.82, 2.24) is 19.8 Å². The van der Waals surface area contributed by atoms with Crippen molar-refractivity contribution in [2.45, 2.75) is 32.1 Å². The Hall–Kier alpha value is -3.85. The summed E-state index contributed by atoms with van der Waals surface area (Å²) in [7, 11) is 2.79. The molecule has 0 aliphatic carbocycles. The highest BCUT2D eigenvalue weighted by atomic mass is 35.5. The second kappa shape index (κ2) is 9.79. The van der Waals surface area contributed by atoms with Gasteiger partial charge >= 0.3 is 5.97 Å². The average Bonchev–Trinajstić information content (AvgIpc) is 3.29. The van der Waals surface area contributed by atoms with Gasteiger partial charge in [0.2, 0.25) is 5.91 Å². The lowest BCUT2D eigenvalue weighted by Gasteiger charge is -2.43. The summed E-state index contributed by atoms with van der Waals surface area (Å²) < 4.78 is 11.7. The molecule has 0 radical (unpaired) electrons. The number of amides is 2. The molecule has 1 atom stereocenters. The van der Waals surface area contributed by atoms with Crippen LogP contribution < -0.4 is 10.1 Å². The molecule has 0 saturated carbocycles. The molecular formula is C25H25ClN4O5. The van der Waals surface area contributed by atoms with Crippen LogP contribution in [0.5, 0.6) is 5.75 Å². The van der Waals surface area contributed by atoms with Crippen molar-refractivity contribution >= 4 is 29.4 Å². The summed E-state index contributed by atoms with van der Waals surface area (Å²) in [5.74, 6) is -0.929. The highest BCUT2D eigenvalue weighted by Gasteiger charge is 2.49. The molecule has 0 fully saturated rings. The summed E-state index contributed by atoms with van der Waals surface area (Å²) in [5.41, 5.74) is 0.296. The van der Waals surface area contributed by atoms with E-state index in [1.165, 1.54) is 22.9 Å². The molecule has 9 nitrogen and oxygen atoms in total. The van der Waals surface area contributed by atoms with Crippen LogP contribution in [0.2, 0.25) is 5.02 Å². The normalized spacial score (nSPS) is 17.0. The number of halogens is 1. The Bertz CT molecular complexity index is 1270. The largest absolute Gasteiger partial charge is 0.496 e. The minimum atomic E-state index is -1.28. The van der Waals surface area contributed by atoms with Crippen molar-refractivity contribution in [2.24, 2.45) is 0 Å². The lowest BCUT2D eigenvalue weighted by Crippen LogP contribution is -2.63. The van der Waals surface area contributed by atoms with Crippen LogP contribution in [0, 0.1) is 0 Å². The molecule has 0 bridgehead atoms. The Labute approximate surface area is 207 Å². The van der Waals surface area contributed by atoms with Crippen LogP contribution in [0.3, 0.4) is 0 Å². The number of ether oxygens (including phenoxy) is 2. The number of esters is 1. The van der Waals surface area contributed by atoms with Crippen LogP contribution in [-0.2, 0) is 29.2 Å². The van der Waals surface area contributed by atoms with E-state index in [0.717, 1.165) is 11.1 Å². The number of fused-ring (bicyclic) bond motifs is 1. The molecule has 0 saturated heterocycles. The molecule has 35 heavy (non-hydrogen) atoms. The number of hydrogen-bond donors (Lipinski definition) is 1. The predicted molar refractivity (Wildman–Crippen MR) is 128 cm³/mol. The van der Waals surface area contributed by atoms with Gasteiger partial charge in [-0.15, -0.1) is 0 Å². The van der Waals surface area contributed by atoms with Gasteiger partial charge in [0, 0.05) is 23.7 Å². The standard InChI is InChI=1S/C25H25ClN4O5/c1-25(24(33)27-12-17-6-4-5-7-19(17)34-2)14-29-15-28-20(23(32)35-3)21(29)22(31)30(25)13-16-8-10-18(26)11-9-16/h4-11,15H,12-14H2,1-3H3,(H,27,33)/t25-/m0/s1. The molecule has 0 unspecified atom stereocenters. The van der Waals surface area contributed by atoms with Crippen molar-refractivity contribution in [3.8, 4) is 5.75 Å². The smallest absolute Gasteiger partial charge is 0.359 e. The summed E-state index contributed by atoms with van der Waals surface area (Å²) >= 11 is 6.02. The fourth-order valence-corrected chi connectivity index (χ4v) is 4.30. The summed E-state index contributed by atoms with van der Waals surface area (Å²) in [5, 5.41) is 3.50. The Morgan fingerprint density at radius 1 is 1.14 bits per heavy atom. The molecule has 3 aromatic rings. The monoisotopic (exact) mass is 496 g/mol. The zero-order chi connectivity index (χ0) is 25.2. The molecule has 2 aromatic carbocycles. The van der Waals surface area contributed by atoms with E-state index >= 15 is 0 Å². The number of benzene rings is 2. The van der Waals surface area contributed by atoms with Gasteiger partial charge in [0.25, 0.3) is 5.91 Å². The maximum atomic E-state index is 13.7. The van der Waals surface area contributed by atoms with Crippen LogP contribution in [-0.4, -0.2) is 52.0 Å². The van der Waals surface area contributed by atoms with Gasteiger partial charge in [-0.1, -0.05) is 41.9 Å². The highest BCUT2D eigenvalue weighted by molar-refractivity contribution is 6.30. The van der Waals surface area contributed by atoms with Crippen molar-refractivity contribution < 1.29 is 23.9 Å². The van der Waals surface area contributed by atoms with E-state index in [0.29, 0.717) is 10.8 Å². The van der Waals surface area contributed by atoms with Crippen molar-refractivity contribution in [3.63, 3.8) is 0 Å². The van der Waals surface area contributed by atoms with E-state index in [4.69, 9.17) is 21.1 Å². The van der Waals surface area contributed by atoms with Crippen LogP contribution in [0.4, 0.5) is 0 Å². The number of para-hydroxylation sites is 1. The van der Waals surface area contributed by atoms with E-state index in [1.54, 1.807) is 38.3 Å². The maximum absolute atomic E-state index is 13.7. The number of rotatable bonds is 7. The maximum Gasteiger partial charge on any atom is 0.359 e. The Morgan fingerprint density at radius 3 is 2.54 bits per heavy atom.